The molecule has 2 heterocycles. The Labute approximate surface area is 151 Å². The number of benzene rings is 1. The Bertz CT molecular complexity index is 807. The van der Waals surface area contributed by atoms with Crippen molar-refractivity contribution in [3.8, 4) is 11.3 Å². The summed E-state index contributed by atoms with van der Waals surface area (Å²) in [6.07, 6.45) is 8.25. The third-order valence-electron chi connectivity index (χ3n) is 5.35. The molecule has 2 N–H and O–H groups in total. The molecule has 1 aliphatic rings. The lowest BCUT2D eigenvalue weighted by Crippen LogP contribution is -2.41. The average Bonchev–Trinajstić information content (AvgIpc) is 3.35. The van der Waals surface area contributed by atoms with Gasteiger partial charge in [-0.3, -0.25) is 0 Å². The summed E-state index contributed by atoms with van der Waals surface area (Å²) >= 11 is 0. The molecule has 0 amide bonds. The summed E-state index contributed by atoms with van der Waals surface area (Å²) in [5.74, 6) is 0.308. The van der Waals surface area contributed by atoms with Gasteiger partial charge in [0, 0.05) is 5.56 Å². The third kappa shape index (κ3) is 3.12. The highest BCUT2D eigenvalue weighted by atomic mass is 16.3. The second-order valence-electron chi connectivity index (χ2n) is 6.96. The topological polar surface area (TPSA) is 105 Å². The second-order valence-corrected chi connectivity index (χ2v) is 6.96. The van der Waals surface area contributed by atoms with Crippen LogP contribution in [0.25, 0.3) is 11.3 Å². The number of aromatic nitrogens is 7. The fourth-order valence-corrected chi connectivity index (χ4v) is 3.89. The zero-order chi connectivity index (χ0) is 17.8. The summed E-state index contributed by atoms with van der Waals surface area (Å²) in [6.45, 7) is 0. The minimum Gasteiger partial charge on any atom is -0.382 e. The molecule has 0 aliphatic heterocycles. The normalized spacial score (nSPS) is 18.8. The van der Waals surface area contributed by atoms with E-state index in [-0.39, 0.29) is 0 Å². The van der Waals surface area contributed by atoms with Gasteiger partial charge in [0.1, 0.15) is 11.8 Å². The second kappa shape index (κ2) is 7.33. The first-order valence-corrected chi connectivity index (χ1v) is 9.19. The Kier molecular flexibility index (Phi) is 4.75. The van der Waals surface area contributed by atoms with Crippen LogP contribution >= 0.6 is 0 Å². The van der Waals surface area contributed by atoms with Gasteiger partial charge in [0.05, 0.1) is 11.7 Å². The Morgan fingerprint density at radius 2 is 1.73 bits per heavy atom. The molecule has 1 unspecified atom stereocenters. The third-order valence-corrected chi connectivity index (χ3v) is 5.35. The van der Waals surface area contributed by atoms with Crippen LogP contribution in [0.5, 0.6) is 0 Å². The average molecular weight is 353 g/mol. The van der Waals surface area contributed by atoms with E-state index in [9.17, 15) is 5.11 Å². The predicted molar refractivity (Wildman–Crippen MR) is 94.9 cm³/mol. The van der Waals surface area contributed by atoms with E-state index in [4.69, 9.17) is 0 Å². The quantitative estimate of drug-likeness (QED) is 0.747. The maximum absolute atomic E-state index is 11.2. The van der Waals surface area contributed by atoms with Crippen LogP contribution in [0.4, 0.5) is 0 Å². The summed E-state index contributed by atoms with van der Waals surface area (Å²) in [6, 6.07) is 9.95. The summed E-state index contributed by atoms with van der Waals surface area (Å²) in [4.78, 5) is 0. The molecule has 8 nitrogen and oxygen atoms in total. The van der Waals surface area contributed by atoms with Gasteiger partial charge in [-0.05, 0) is 12.8 Å². The fraction of sp³-hybridized carbons (Fsp3) is 0.500. The largest absolute Gasteiger partial charge is 0.382 e. The van der Waals surface area contributed by atoms with Gasteiger partial charge in [-0.25, -0.2) is 4.68 Å². The molecule has 0 bridgehead atoms. The lowest BCUT2D eigenvalue weighted by Gasteiger charge is -2.38. The number of tetrazole rings is 1. The van der Waals surface area contributed by atoms with Crippen molar-refractivity contribution in [2.24, 2.45) is 0 Å². The standard InChI is InChI=1S/C18H23N7O/c26-16(17-20-22-23-21-17)18(11-7-2-1-3-8-12-18)25-13-15(19-24-25)14-9-5-4-6-10-14/h4-6,9-10,13,16,26H,1-3,7-8,11-12H2,(H,20,21,22,23). The maximum atomic E-state index is 11.2. The Morgan fingerprint density at radius 1 is 1.00 bits per heavy atom. The highest BCUT2D eigenvalue weighted by molar-refractivity contribution is 5.57. The highest BCUT2D eigenvalue weighted by Gasteiger charge is 2.43. The van der Waals surface area contributed by atoms with Crippen LogP contribution < -0.4 is 0 Å². The van der Waals surface area contributed by atoms with Crippen molar-refractivity contribution in [3.05, 3.63) is 42.4 Å². The number of nitrogens with zero attached hydrogens (tertiary/aromatic N) is 6. The predicted octanol–water partition coefficient (Wildman–Crippen LogP) is 2.63. The molecule has 136 valence electrons. The molecule has 3 aromatic rings. The Balaban J connectivity index is 1.74. The van der Waals surface area contributed by atoms with Crippen LogP contribution in [0.15, 0.2) is 36.5 Å². The van der Waals surface area contributed by atoms with Crippen molar-refractivity contribution in [1.29, 1.82) is 0 Å². The van der Waals surface area contributed by atoms with Gasteiger partial charge in [0.15, 0.2) is 0 Å². The van der Waals surface area contributed by atoms with Gasteiger partial charge >= 0.3 is 0 Å². The van der Waals surface area contributed by atoms with Gasteiger partial charge < -0.3 is 5.11 Å². The molecule has 0 saturated heterocycles. The lowest BCUT2D eigenvalue weighted by molar-refractivity contribution is -0.00405. The summed E-state index contributed by atoms with van der Waals surface area (Å²) in [7, 11) is 0. The molecule has 1 aliphatic carbocycles. The summed E-state index contributed by atoms with van der Waals surface area (Å²) < 4.78 is 1.84. The van der Waals surface area contributed by atoms with Crippen LogP contribution in [0.2, 0.25) is 0 Å². The van der Waals surface area contributed by atoms with E-state index in [1.165, 1.54) is 6.42 Å². The monoisotopic (exact) mass is 353 g/mol. The molecule has 8 heteroatoms. The van der Waals surface area contributed by atoms with E-state index in [0.29, 0.717) is 5.82 Å². The van der Waals surface area contributed by atoms with Gasteiger partial charge in [0.25, 0.3) is 0 Å². The molecule has 1 saturated carbocycles. The van der Waals surface area contributed by atoms with E-state index in [1.54, 1.807) is 0 Å². The van der Waals surface area contributed by atoms with E-state index in [0.717, 1.165) is 49.8 Å². The van der Waals surface area contributed by atoms with Crippen LogP contribution in [-0.2, 0) is 5.54 Å². The number of rotatable bonds is 4. The van der Waals surface area contributed by atoms with E-state index in [2.05, 4.69) is 30.9 Å². The molecule has 0 radical (unpaired) electrons. The molecule has 2 aromatic heterocycles. The lowest BCUT2D eigenvalue weighted by atomic mass is 9.79. The molecule has 1 aromatic carbocycles. The van der Waals surface area contributed by atoms with Crippen molar-refractivity contribution in [2.75, 3.05) is 0 Å². The van der Waals surface area contributed by atoms with Crippen molar-refractivity contribution in [3.63, 3.8) is 0 Å². The highest BCUT2D eigenvalue weighted by Crippen LogP contribution is 2.42. The van der Waals surface area contributed by atoms with Gasteiger partial charge in [-0.1, -0.05) is 72.9 Å². The molecule has 1 atom stereocenters. The zero-order valence-electron chi connectivity index (χ0n) is 14.6. The van der Waals surface area contributed by atoms with Crippen LogP contribution in [0.1, 0.15) is 56.9 Å². The SMILES string of the molecule is OC(c1nn[nH]n1)C1(n2cc(-c3ccccc3)nn2)CCCCCCC1. The first-order valence-electron chi connectivity index (χ1n) is 9.19. The number of aliphatic hydroxyl groups is 1. The van der Waals surface area contributed by atoms with Gasteiger partial charge in [-0.2, -0.15) is 5.21 Å². The van der Waals surface area contributed by atoms with E-state index >= 15 is 0 Å². The minimum atomic E-state index is -0.885. The minimum absolute atomic E-state index is 0.308. The van der Waals surface area contributed by atoms with Crippen LogP contribution in [0, 0.1) is 0 Å². The maximum Gasteiger partial charge on any atom is 0.205 e. The van der Waals surface area contributed by atoms with E-state index < -0.39 is 11.6 Å². The molecule has 1 fully saturated rings. The first-order chi connectivity index (χ1) is 12.8. The summed E-state index contributed by atoms with van der Waals surface area (Å²) in [5, 5.41) is 34.0. The van der Waals surface area contributed by atoms with Crippen LogP contribution in [-0.4, -0.2) is 40.7 Å². The van der Waals surface area contributed by atoms with Gasteiger partial charge in [0.2, 0.25) is 5.82 Å². The van der Waals surface area contributed by atoms with E-state index in [1.807, 2.05) is 41.2 Å². The Hall–Kier alpha value is -2.61. The van der Waals surface area contributed by atoms with Crippen LogP contribution in [0.3, 0.4) is 0 Å². The Morgan fingerprint density at radius 3 is 2.42 bits per heavy atom. The van der Waals surface area contributed by atoms with Crippen molar-refractivity contribution < 1.29 is 5.11 Å². The number of aromatic amines is 1. The first kappa shape index (κ1) is 16.8. The number of aliphatic hydroxyl groups excluding tert-OH is 1. The number of nitrogens with one attached hydrogen (secondary N) is 1. The summed E-state index contributed by atoms with van der Waals surface area (Å²) in [5.41, 5.74) is 1.20. The van der Waals surface area contributed by atoms with Crippen molar-refractivity contribution >= 4 is 0 Å². The van der Waals surface area contributed by atoms with Crippen molar-refractivity contribution in [1.82, 2.24) is 35.6 Å². The number of hydrogen-bond donors (Lipinski definition) is 2. The molecule has 26 heavy (non-hydrogen) atoms. The molecular formula is C18H23N7O. The fourth-order valence-electron chi connectivity index (χ4n) is 3.89. The zero-order valence-corrected chi connectivity index (χ0v) is 14.6. The van der Waals surface area contributed by atoms with Gasteiger partial charge in [-0.15, -0.1) is 15.3 Å². The number of H-pyrrole nitrogens is 1. The molecule has 4 rings (SSSR count). The molecular weight excluding hydrogens is 330 g/mol. The van der Waals surface area contributed by atoms with Crippen molar-refractivity contribution in [2.45, 2.75) is 56.6 Å². The number of hydrogen-bond acceptors (Lipinski definition) is 6. The molecule has 0 spiro atoms. The smallest absolute Gasteiger partial charge is 0.205 e.